The number of aliphatic imine (C=N–C) groups is 1. The van der Waals surface area contributed by atoms with Crippen molar-refractivity contribution in [2.24, 2.45) is 12.0 Å². The summed E-state index contributed by atoms with van der Waals surface area (Å²) in [6.07, 6.45) is 3.87. The Morgan fingerprint density at radius 3 is 2.67 bits per heavy atom. The molecule has 0 bridgehead atoms. The van der Waals surface area contributed by atoms with Crippen LogP contribution in [0.15, 0.2) is 17.3 Å². The number of nitrogens with zero attached hydrogens (tertiary/aromatic N) is 3. The van der Waals surface area contributed by atoms with Gasteiger partial charge in [-0.3, -0.25) is 4.99 Å². The predicted octanol–water partition coefficient (Wildman–Crippen LogP) is 3.88. The molecule has 0 unspecified atom stereocenters. The van der Waals surface area contributed by atoms with Crippen molar-refractivity contribution in [1.82, 2.24) is 20.2 Å². The Kier molecular flexibility index (Phi) is 9.40. The van der Waals surface area contributed by atoms with E-state index in [0.29, 0.717) is 16.7 Å². The first-order valence-electron chi connectivity index (χ1n) is 7.42. The van der Waals surface area contributed by atoms with Crippen molar-refractivity contribution in [2.75, 3.05) is 13.6 Å². The lowest BCUT2D eigenvalue weighted by molar-refractivity contribution is 0.746. The van der Waals surface area contributed by atoms with Gasteiger partial charge in [-0.25, -0.2) is 4.98 Å². The summed E-state index contributed by atoms with van der Waals surface area (Å²) in [6, 6.07) is 1.85. The molecule has 0 aliphatic rings. The summed E-state index contributed by atoms with van der Waals surface area (Å²) in [5.74, 6) is 0.741. The average Bonchev–Trinajstić information content (AvgIpc) is 3.11. The molecule has 134 valence electrons. The molecule has 0 amide bonds. The van der Waals surface area contributed by atoms with Crippen molar-refractivity contribution in [3.63, 3.8) is 0 Å². The van der Waals surface area contributed by atoms with Gasteiger partial charge in [-0.05, 0) is 12.5 Å². The van der Waals surface area contributed by atoms with Crippen LogP contribution in [-0.4, -0.2) is 29.1 Å². The van der Waals surface area contributed by atoms with Crippen LogP contribution < -0.4 is 10.6 Å². The normalized spacial score (nSPS) is 11.3. The first kappa shape index (κ1) is 21.5. The Hall–Kier alpha value is -0.510. The van der Waals surface area contributed by atoms with Crippen LogP contribution in [0.4, 0.5) is 0 Å². The number of hydrogen-bond acceptors (Lipinski definition) is 3. The third-order valence-corrected chi connectivity index (χ3v) is 5.50. The maximum absolute atomic E-state index is 6.06. The monoisotopic (exact) mass is 501 g/mol. The number of guanidine groups is 1. The Labute approximate surface area is 173 Å². The molecule has 9 heteroatoms. The van der Waals surface area contributed by atoms with E-state index >= 15 is 0 Å². The molecule has 24 heavy (non-hydrogen) atoms. The molecule has 2 aromatic heterocycles. The maximum Gasteiger partial charge on any atom is 0.191 e. The average molecular weight is 502 g/mol. The van der Waals surface area contributed by atoms with Crippen LogP contribution in [-0.2, 0) is 26.4 Å². The van der Waals surface area contributed by atoms with Gasteiger partial charge in [-0.1, -0.05) is 30.1 Å². The van der Waals surface area contributed by atoms with Gasteiger partial charge >= 0.3 is 0 Å². The van der Waals surface area contributed by atoms with Crippen molar-refractivity contribution < 1.29 is 0 Å². The van der Waals surface area contributed by atoms with E-state index in [4.69, 9.17) is 23.2 Å². The van der Waals surface area contributed by atoms with E-state index in [9.17, 15) is 0 Å². The molecule has 0 fully saturated rings. The highest BCUT2D eigenvalue weighted by atomic mass is 127. The fourth-order valence-electron chi connectivity index (χ4n) is 2.07. The third kappa shape index (κ3) is 5.79. The molecule has 0 saturated carbocycles. The van der Waals surface area contributed by atoms with Crippen molar-refractivity contribution >= 4 is 64.5 Å². The Morgan fingerprint density at radius 2 is 2.12 bits per heavy atom. The quantitative estimate of drug-likeness (QED) is 0.359. The molecule has 0 radical (unpaired) electrons. The standard InChI is InChI=1S/C15H21Cl2N5S.HI/c1-4-11-9-20-13(23-11)5-6-19-15(18-2)21-8-10-7-12(16)14(17)22(10)3;/h7,9H,4-6,8H2,1-3H3,(H2,18,19,21);1H. The van der Waals surface area contributed by atoms with E-state index in [1.807, 2.05) is 23.9 Å². The van der Waals surface area contributed by atoms with Gasteiger partial charge < -0.3 is 15.2 Å². The number of aromatic nitrogens is 2. The molecule has 0 aliphatic carbocycles. The molecule has 5 nitrogen and oxygen atoms in total. The zero-order valence-corrected chi connectivity index (χ0v) is 18.6. The van der Waals surface area contributed by atoms with Gasteiger partial charge in [0.25, 0.3) is 0 Å². The zero-order chi connectivity index (χ0) is 16.8. The number of hydrogen-bond donors (Lipinski definition) is 2. The third-order valence-electron chi connectivity index (χ3n) is 3.46. The molecule has 0 aromatic carbocycles. The second kappa shape index (κ2) is 10.5. The number of aryl methyl sites for hydroxylation is 1. The van der Waals surface area contributed by atoms with Crippen molar-refractivity contribution in [3.8, 4) is 0 Å². The fourth-order valence-corrected chi connectivity index (χ4v) is 3.35. The van der Waals surface area contributed by atoms with E-state index in [-0.39, 0.29) is 24.0 Å². The first-order chi connectivity index (χ1) is 11.0. The summed E-state index contributed by atoms with van der Waals surface area (Å²) in [5.41, 5.74) is 0.996. The molecule has 0 spiro atoms. The van der Waals surface area contributed by atoms with E-state index < -0.39 is 0 Å². The molecule has 0 atom stereocenters. The summed E-state index contributed by atoms with van der Waals surface area (Å²) in [4.78, 5) is 9.95. The van der Waals surface area contributed by atoms with E-state index in [0.717, 1.165) is 36.0 Å². The topological polar surface area (TPSA) is 54.2 Å². The van der Waals surface area contributed by atoms with Crippen molar-refractivity contribution in [3.05, 3.63) is 38.0 Å². The van der Waals surface area contributed by atoms with E-state index in [1.165, 1.54) is 4.88 Å². The highest BCUT2D eigenvalue weighted by Gasteiger charge is 2.09. The minimum absolute atomic E-state index is 0. The molecule has 2 rings (SSSR count). The summed E-state index contributed by atoms with van der Waals surface area (Å²) in [7, 11) is 3.63. The van der Waals surface area contributed by atoms with Gasteiger partial charge in [0.05, 0.1) is 16.6 Å². The number of thiazole rings is 1. The molecule has 2 N–H and O–H groups in total. The SMILES string of the molecule is CCc1cnc(CCNC(=NC)NCc2cc(Cl)c(Cl)n2C)s1.I. The molecule has 0 saturated heterocycles. The molecule has 0 aliphatic heterocycles. The second-order valence-electron chi connectivity index (χ2n) is 5.01. The lowest BCUT2D eigenvalue weighted by Crippen LogP contribution is -2.38. The minimum atomic E-state index is 0. The maximum atomic E-state index is 6.06. The number of halogens is 3. The Balaban J connectivity index is 0.00000288. The van der Waals surface area contributed by atoms with Gasteiger partial charge in [0.15, 0.2) is 5.96 Å². The number of nitrogens with one attached hydrogen (secondary N) is 2. The first-order valence-corrected chi connectivity index (χ1v) is 9.00. The van der Waals surface area contributed by atoms with Gasteiger partial charge in [-0.2, -0.15) is 0 Å². The van der Waals surface area contributed by atoms with Crippen molar-refractivity contribution in [2.45, 2.75) is 26.3 Å². The van der Waals surface area contributed by atoms with Crippen LogP contribution in [0.1, 0.15) is 22.5 Å². The van der Waals surface area contributed by atoms with Gasteiger partial charge in [0.2, 0.25) is 0 Å². The lowest BCUT2D eigenvalue weighted by atomic mass is 10.4. The van der Waals surface area contributed by atoms with Crippen LogP contribution in [0.5, 0.6) is 0 Å². The number of rotatable bonds is 6. The Bertz CT molecular complexity index is 683. The predicted molar refractivity (Wildman–Crippen MR) is 114 cm³/mol. The fraction of sp³-hybridized carbons (Fsp3) is 0.467. The van der Waals surface area contributed by atoms with Crippen LogP contribution in [0.3, 0.4) is 0 Å². The summed E-state index contributed by atoms with van der Waals surface area (Å²) >= 11 is 13.8. The van der Waals surface area contributed by atoms with Gasteiger partial charge in [0, 0.05) is 43.8 Å². The van der Waals surface area contributed by atoms with Crippen LogP contribution in [0.2, 0.25) is 10.2 Å². The molecule has 2 heterocycles. The summed E-state index contributed by atoms with van der Waals surface area (Å²) < 4.78 is 1.85. The van der Waals surface area contributed by atoms with E-state index in [1.54, 1.807) is 18.4 Å². The summed E-state index contributed by atoms with van der Waals surface area (Å²) in [5, 5.41) is 8.79. The lowest BCUT2D eigenvalue weighted by Gasteiger charge is -2.12. The second-order valence-corrected chi connectivity index (χ2v) is 6.97. The Morgan fingerprint density at radius 1 is 1.38 bits per heavy atom. The molecular weight excluding hydrogens is 480 g/mol. The van der Waals surface area contributed by atoms with Crippen molar-refractivity contribution in [1.29, 1.82) is 0 Å². The van der Waals surface area contributed by atoms with Crippen LogP contribution in [0.25, 0.3) is 0 Å². The largest absolute Gasteiger partial charge is 0.356 e. The summed E-state index contributed by atoms with van der Waals surface area (Å²) in [6.45, 7) is 3.52. The molecule has 2 aromatic rings. The van der Waals surface area contributed by atoms with E-state index in [2.05, 4.69) is 27.5 Å². The highest BCUT2D eigenvalue weighted by molar-refractivity contribution is 14.0. The van der Waals surface area contributed by atoms with Crippen LogP contribution in [0, 0.1) is 0 Å². The van der Waals surface area contributed by atoms with Gasteiger partial charge in [0.1, 0.15) is 5.15 Å². The molecular formula is C15H22Cl2IN5S. The zero-order valence-electron chi connectivity index (χ0n) is 13.9. The van der Waals surface area contributed by atoms with Crippen LogP contribution >= 0.6 is 58.5 Å². The van der Waals surface area contributed by atoms with Gasteiger partial charge in [-0.15, -0.1) is 35.3 Å². The smallest absolute Gasteiger partial charge is 0.191 e. The highest BCUT2D eigenvalue weighted by Crippen LogP contribution is 2.24. The minimum Gasteiger partial charge on any atom is -0.356 e.